The Morgan fingerprint density at radius 2 is 1.86 bits per heavy atom. The molecule has 0 aromatic heterocycles. The lowest BCUT2D eigenvalue weighted by Crippen LogP contribution is -2.31. The van der Waals surface area contributed by atoms with Gasteiger partial charge in [-0.25, -0.2) is 4.39 Å². The molecular formula is C16H16Br2FNO. The number of hydrogen-bond donors (Lipinski definition) is 1. The highest BCUT2D eigenvalue weighted by atomic mass is 79.9. The van der Waals surface area contributed by atoms with Gasteiger partial charge in [0.15, 0.2) is 0 Å². The second kappa shape index (κ2) is 7.38. The molecule has 2 N–H and O–H groups in total. The molecule has 0 spiro atoms. The summed E-state index contributed by atoms with van der Waals surface area (Å²) in [5.41, 5.74) is 7.14. The van der Waals surface area contributed by atoms with Crippen molar-refractivity contribution in [2.75, 3.05) is 0 Å². The number of ether oxygens (including phenoxy) is 1. The van der Waals surface area contributed by atoms with Gasteiger partial charge in [0.05, 0.1) is 4.47 Å². The van der Waals surface area contributed by atoms with E-state index in [-0.39, 0.29) is 18.0 Å². The van der Waals surface area contributed by atoms with E-state index in [1.807, 2.05) is 31.2 Å². The van der Waals surface area contributed by atoms with E-state index in [2.05, 4.69) is 31.9 Å². The predicted molar refractivity (Wildman–Crippen MR) is 89.9 cm³/mol. The van der Waals surface area contributed by atoms with Crippen LogP contribution in [0.4, 0.5) is 4.39 Å². The van der Waals surface area contributed by atoms with Crippen LogP contribution in [0.5, 0.6) is 5.75 Å². The third-order valence-electron chi connectivity index (χ3n) is 3.23. The molecule has 0 saturated heterocycles. The third kappa shape index (κ3) is 4.05. The van der Waals surface area contributed by atoms with Gasteiger partial charge < -0.3 is 10.5 Å². The van der Waals surface area contributed by atoms with Crippen LogP contribution in [0.3, 0.4) is 0 Å². The van der Waals surface area contributed by atoms with E-state index in [1.165, 1.54) is 6.07 Å². The zero-order chi connectivity index (χ0) is 15.4. The highest BCUT2D eigenvalue weighted by molar-refractivity contribution is 9.10. The Bertz CT molecular complexity index is 621. The number of rotatable bonds is 5. The van der Waals surface area contributed by atoms with Crippen LogP contribution in [0.15, 0.2) is 51.4 Å². The molecule has 0 aliphatic heterocycles. The van der Waals surface area contributed by atoms with Gasteiger partial charge in [0.1, 0.15) is 17.7 Å². The topological polar surface area (TPSA) is 35.2 Å². The molecule has 0 amide bonds. The maximum Gasteiger partial charge on any atom is 0.141 e. The van der Waals surface area contributed by atoms with Gasteiger partial charge >= 0.3 is 0 Å². The van der Waals surface area contributed by atoms with E-state index in [9.17, 15) is 4.39 Å². The Balaban J connectivity index is 2.33. The maximum atomic E-state index is 13.6. The van der Waals surface area contributed by atoms with E-state index < -0.39 is 0 Å². The first-order chi connectivity index (χ1) is 10.0. The Hall–Kier alpha value is -0.910. The van der Waals surface area contributed by atoms with Crippen LogP contribution in [0.1, 0.15) is 25.0 Å². The van der Waals surface area contributed by atoms with Gasteiger partial charge in [-0.2, -0.15) is 0 Å². The molecule has 2 aromatic carbocycles. The summed E-state index contributed by atoms with van der Waals surface area (Å²) in [5.74, 6) is 0.101. The first kappa shape index (κ1) is 16.5. The summed E-state index contributed by atoms with van der Waals surface area (Å²) in [6, 6.07) is 12.3. The predicted octanol–water partition coefficient (Wildman–Crippen LogP) is 5.21. The van der Waals surface area contributed by atoms with Crippen LogP contribution in [0.2, 0.25) is 0 Å². The Kier molecular flexibility index (Phi) is 5.79. The zero-order valence-electron chi connectivity index (χ0n) is 11.5. The van der Waals surface area contributed by atoms with Crippen molar-refractivity contribution in [1.82, 2.24) is 0 Å². The average Bonchev–Trinajstić information content (AvgIpc) is 2.48. The van der Waals surface area contributed by atoms with Crippen molar-refractivity contribution in [2.45, 2.75) is 25.5 Å². The van der Waals surface area contributed by atoms with Gasteiger partial charge in [0.25, 0.3) is 0 Å². The van der Waals surface area contributed by atoms with E-state index in [4.69, 9.17) is 10.5 Å². The minimum atomic E-state index is -0.358. The summed E-state index contributed by atoms with van der Waals surface area (Å²) in [4.78, 5) is 0. The molecule has 2 atom stereocenters. The summed E-state index contributed by atoms with van der Waals surface area (Å²) in [6.45, 7) is 2.00. The van der Waals surface area contributed by atoms with Crippen molar-refractivity contribution in [3.8, 4) is 5.75 Å². The fraction of sp³-hybridized carbons (Fsp3) is 0.250. The molecule has 2 unspecified atom stereocenters. The lowest BCUT2D eigenvalue weighted by molar-refractivity contribution is 0.169. The lowest BCUT2D eigenvalue weighted by Gasteiger charge is -2.25. The second-order valence-corrected chi connectivity index (χ2v) is 6.42. The average molecular weight is 417 g/mol. The van der Waals surface area contributed by atoms with Gasteiger partial charge in [-0.05, 0) is 40.5 Å². The van der Waals surface area contributed by atoms with Crippen molar-refractivity contribution in [3.05, 3.63) is 62.8 Å². The van der Waals surface area contributed by atoms with Gasteiger partial charge in [-0.15, -0.1) is 0 Å². The smallest absolute Gasteiger partial charge is 0.141 e. The second-order valence-electron chi connectivity index (χ2n) is 4.71. The standard InChI is InChI=1S/C16H16Br2FNO/c1-2-15(20)16(11-5-3-4-6-12(11)17)21-10-7-8-13(18)14(19)9-10/h3-9,15-16H,2,20H2,1H3. The molecule has 112 valence electrons. The normalized spacial score (nSPS) is 13.8. The number of nitrogens with two attached hydrogens (primary N) is 1. The van der Waals surface area contributed by atoms with Crippen LogP contribution < -0.4 is 10.5 Å². The molecule has 2 nitrogen and oxygen atoms in total. The largest absolute Gasteiger partial charge is 0.484 e. The number of hydrogen-bond acceptors (Lipinski definition) is 2. The molecule has 2 aromatic rings. The van der Waals surface area contributed by atoms with Crippen molar-refractivity contribution in [1.29, 1.82) is 0 Å². The highest BCUT2D eigenvalue weighted by Gasteiger charge is 2.23. The molecule has 0 saturated carbocycles. The summed E-state index contributed by atoms with van der Waals surface area (Å²) in [6.07, 6.45) is 0.413. The fourth-order valence-electron chi connectivity index (χ4n) is 2.00. The SMILES string of the molecule is CCC(N)C(Oc1ccc(Br)c(F)c1)c1ccccc1Br. The molecule has 0 aliphatic carbocycles. The maximum absolute atomic E-state index is 13.6. The molecule has 0 heterocycles. The minimum absolute atomic E-state index is 0.185. The van der Waals surface area contributed by atoms with Gasteiger partial charge in [0.2, 0.25) is 0 Å². The zero-order valence-corrected chi connectivity index (χ0v) is 14.7. The Morgan fingerprint density at radius 1 is 1.14 bits per heavy atom. The molecule has 0 bridgehead atoms. The highest BCUT2D eigenvalue weighted by Crippen LogP contribution is 2.31. The summed E-state index contributed by atoms with van der Waals surface area (Å²) < 4.78 is 20.9. The third-order valence-corrected chi connectivity index (χ3v) is 4.59. The quantitative estimate of drug-likeness (QED) is 0.726. The Labute approximate surface area is 140 Å². The van der Waals surface area contributed by atoms with Crippen LogP contribution >= 0.6 is 31.9 Å². The van der Waals surface area contributed by atoms with Crippen molar-refractivity contribution in [3.63, 3.8) is 0 Å². The van der Waals surface area contributed by atoms with Crippen molar-refractivity contribution >= 4 is 31.9 Å². The summed E-state index contributed by atoms with van der Waals surface area (Å²) in [5, 5.41) is 0. The molecule has 21 heavy (non-hydrogen) atoms. The van der Waals surface area contributed by atoms with Crippen LogP contribution in [0.25, 0.3) is 0 Å². The first-order valence-corrected chi connectivity index (χ1v) is 8.23. The van der Waals surface area contributed by atoms with Gasteiger partial charge in [0, 0.05) is 22.1 Å². The van der Waals surface area contributed by atoms with Gasteiger partial charge in [-0.1, -0.05) is 41.1 Å². The molecule has 2 rings (SSSR count). The monoisotopic (exact) mass is 415 g/mol. The first-order valence-electron chi connectivity index (χ1n) is 6.64. The van der Waals surface area contributed by atoms with E-state index in [0.717, 1.165) is 16.5 Å². The van der Waals surface area contributed by atoms with Crippen molar-refractivity contribution in [2.24, 2.45) is 5.73 Å². The molecule has 5 heteroatoms. The lowest BCUT2D eigenvalue weighted by atomic mass is 10.0. The number of halogens is 3. The summed E-state index contributed by atoms with van der Waals surface area (Å²) >= 11 is 6.65. The number of benzene rings is 2. The van der Waals surface area contributed by atoms with E-state index >= 15 is 0 Å². The molecule has 0 radical (unpaired) electrons. The van der Waals surface area contributed by atoms with E-state index in [1.54, 1.807) is 12.1 Å². The molecule has 0 fully saturated rings. The van der Waals surface area contributed by atoms with Crippen LogP contribution in [0, 0.1) is 5.82 Å². The fourth-order valence-corrected chi connectivity index (χ4v) is 2.76. The summed E-state index contributed by atoms with van der Waals surface area (Å²) in [7, 11) is 0. The Morgan fingerprint density at radius 3 is 2.48 bits per heavy atom. The molecule has 0 aliphatic rings. The van der Waals surface area contributed by atoms with Crippen molar-refractivity contribution < 1.29 is 9.13 Å². The van der Waals surface area contributed by atoms with Gasteiger partial charge in [-0.3, -0.25) is 0 Å². The minimum Gasteiger partial charge on any atom is -0.484 e. The van der Waals surface area contributed by atoms with E-state index in [0.29, 0.717) is 10.2 Å². The molecular weight excluding hydrogens is 401 g/mol. The van der Waals surface area contributed by atoms with Crippen LogP contribution in [-0.2, 0) is 0 Å². The van der Waals surface area contributed by atoms with Crippen LogP contribution in [-0.4, -0.2) is 6.04 Å².